The van der Waals surface area contributed by atoms with E-state index in [9.17, 15) is 13.2 Å². The second kappa shape index (κ2) is 9.72. The first-order chi connectivity index (χ1) is 15.9. The van der Waals surface area contributed by atoms with Crippen molar-refractivity contribution < 1.29 is 17.9 Å². The van der Waals surface area contributed by atoms with Crippen molar-refractivity contribution in [1.29, 1.82) is 0 Å². The molecular formula is C24H24ClN3O4S. The van der Waals surface area contributed by atoms with Gasteiger partial charge in [-0.2, -0.15) is 0 Å². The first-order valence-corrected chi connectivity index (χ1v) is 12.3. The van der Waals surface area contributed by atoms with Crippen molar-refractivity contribution in [3.63, 3.8) is 0 Å². The Hall–Kier alpha value is -3.23. The van der Waals surface area contributed by atoms with E-state index >= 15 is 0 Å². The smallest absolute Gasteiger partial charge is 0.261 e. The van der Waals surface area contributed by atoms with Crippen LogP contribution in [0.15, 0.2) is 71.6 Å². The number of methoxy groups -OCH3 is 1. The summed E-state index contributed by atoms with van der Waals surface area (Å²) < 4.78 is 33.8. The zero-order chi connectivity index (χ0) is 23.4. The number of rotatable bonds is 7. The second-order valence-electron chi connectivity index (χ2n) is 7.67. The van der Waals surface area contributed by atoms with Crippen molar-refractivity contribution in [1.82, 2.24) is 0 Å². The van der Waals surface area contributed by atoms with Gasteiger partial charge in [-0.15, -0.1) is 0 Å². The molecule has 9 heteroatoms. The van der Waals surface area contributed by atoms with Gasteiger partial charge in [0.25, 0.3) is 15.9 Å². The van der Waals surface area contributed by atoms with Gasteiger partial charge in [0.1, 0.15) is 5.75 Å². The van der Waals surface area contributed by atoms with E-state index < -0.39 is 10.0 Å². The van der Waals surface area contributed by atoms with Gasteiger partial charge in [-0.3, -0.25) is 9.52 Å². The van der Waals surface area contributed by atoms with Gasteiger partial charge in [0.15, 0.2) is 0 Å². The second-order valence-corrected chi connectivity index (χ2v) is 9.79. The average molecular weight is 486 g/mol. The fourth-order valence-corrected chi connectivity index (χ4v) is 4.92. The van der Waals surface area contributed by atoms with Crippen LogP contribution in [0.5, 0.6) is 5.75 Å². The molecule has 0 atom stereocenters. The third-order valence-electron chi connectivity index (χ3n) is 5.40. The van der Waals surface area contributed by atoms with Crippen LogP contribution in [0.1, 0.15) is 23.2 Å². The lowest BCUT2D eigenvalue weighted by Crippen LogP contribution is -2.22. The average Bonchev–Trinajstić information content (AvgIpc) is 3.35. The van der Waals surface area contributed by atoms with Gasteiger partial charge in [-0.05, 0) is 73.5 Å². The maximum absolute atomic E-state index is 13.0. The Morgan fingerprint density at radius 1 is 1.00 bits per heavy atom. The first-order valence-electron chi connectivity index (χ1n) is 10.5. The SMILES string of the molecule is COc1cccc(C(=O)Nc2cc(S(=O)(=O)Nc3ccc(Cl)cc3)ccc2N2CCCC2)c1. The molecule has 3 aromatic carbocycles. The van der Waals surface area contributed by atoms with E-state index in [2.05, 4.69) is 14.9 Å². The van der Waals surface area contributed by atoms with Crippen molar-refractivity contribution >= 4 is 44.6 Å². The molecule has 0 spiro atoms. The summed E-state index contributed by atoms with van der Waals surface area (Å²) in [6.07, 6.45) is 2.09. The Bertz CT molecular complexity index is 1260. The molecule has 1 heterocycles. The molecule has 0 bridgehead atoms. The lowest BCUT2D eigenvalue weighted by molar-refractivity contribution is 0.102. The highest BCUT2D eigenvalue weighted by atomic mass is 35.5. The summed E-state index contributed by atoms with van der Waals surface area (Å²) in [4.78, 5) is 15.2. The van der Waals surface area contributed by atoms with Crippen molar-refractivity contribution in [3.8, 4) is 5.75 Å². The molecule has 7 nitrogen and oxygen atoms in total. The summed E-state index contributed by atoms with van der Waals surface area (Å²) in [6, 6.07) is 18.0. The molecule has 1 aliphatic heterocycles. The normalized spacial score (nSPS) is 13.6. The summed E-state index contributed by atoms with van der Waals surface area (Å²) >= 11 is 5.89. The number of benzene rings is 3. The molecule has 2 N–H and O–H groups in total. The quantitative estimate of drug-likeness (QED) is 0.491. The zero-order valence-corrected chi connectivity index (χ0v) is 19.6. The topological polar surface area (TPSA) is 87.7 Å². The van der Waals surface area contributed by atoms with E-state index in [1.54, 1.807) is 60.7 Å². The van der Waals surface area contributed by atoms with Crippen LogP contribution >= 0.6 is 11.6 Å². The number of anilines is 3. The fourth-order valence-electron chi connectivity index (χ4n) is 3.71. The van der Waals surface area contributed by atoms with Crippen LogP contribution in [0.4, 0.5) is 17.1 Å². The molecule has 1 saturated heterocycles. The summed E-state index contributed by atoms with van der Waals surface area (Å²) in [7, 11) is -2.35. The third kappa shape index (κ3) is 5.40. The van der Waals surface area contributed by atoms with Crippen molar-refractivity contribution in [2.75, 3.05) is 35.1 Å². The Balaban J connectivity index is 1.66. The number of hydrogen-bond acceptors (Lipinski definition) is 5. The van der Waals surface area contributed by atoms with Crippen LogP contribution in [0, 0.1) is 0 Å². The molecule has 0 unspecified atom stereocenters. The van der Waals surface area contributed by atoms with Gasteiger partial charge < -0.3 is 15.0 Å². The predicted octanol–water partition coefficient (Wildman–Crippen LogP) is 5.00. The number of ether oxygens (including phenoxy) is 1. The van der Waals surface area contributed by atoms with Crippen LogP contribution in [0.25, 0.3) is 0 Å². The lowest BCUT2D eigenvalue weighted by Gasteiger charge is -2.22. The summed E-state index contributed by atoms with van der Waals surface area (Å²) in [5, 5.41) is 3.40. The van der Waals surface area contributed by atoms with E-state index in [4.69, 9.17) is 16.3 Å². The summed E-state index contributed by atoms with van der Waals surface area (Å²) in [5.74, 6) is 0.209. The van der Waals surface area contributed by atoms with Crippen LogP contribution in [-0.2, 0) is 10.0 Å². The van der Waals surface area contributed by atoms with Gasteiger partial charge in [0.2, 0.25) is 0 Å². The molecule has 172 valence electrons. The molecule has 0 aromatic heterocycles. The molecule has 1 amide bonds. The standard InChI is InChI=1S/C24H24ClN3O4S/c1-32-20-6-4-5-17(15-20)24(29)26-22-16-21(11-12-23(22)28-13-2-3-14-28)33(30,31)27-19-9-7-18(25)8-10-19/h4-12,15-16,27H,2-3,13-14H2,1H3,(H,26,29). The number of amides is 1. The Morgan fingerprint density at radius 2 is 1.73 bits per heavy atom. The highest BCUT2D eigenvalue weighted by Crippen LogP contribution is 2.32. The third-order valence-corrected chi connectivity index (χ3v) is 7.03. The molecule has 1 aliphatic rings. The molecule has 0 radical (unpaired) electrons. The van der Waals surface area contributed by atoms with Gasteiger partial charge >= 0.3 is 0 Å². The number of sulfonamides is 1. The van der Waals surface area contributed by atoms with Crippen LogP contribution in [0.2, 0.25) is 5.02 Å². The largest absolute Gasteiger partial charge is 0.497 e. The molecule has 3 aromatic rings. The molecule has 4 rings (SSSR count). The first kappa shape index (κ1) is 22.9. The number of nitrogens with zero attached hydrogens (tertiary/aromatic N) is 1. The highest BCUT2D eigenvalue weighted by Gasteiger charge is 2.22. The van der Waals surface area contributed by atoms with Crippen LogP contribution in [0.3, 0.4) is 0 Å². The maximum Gasteiger partial charge on any atom is 0.261 e. The molecule has 0 aliphatic carbocycles. The Labute approximate surface area is 198 Å². The number of carbonyl (C=O) groups is 1. The monoisotopic (exact) mass is 485 g/mol. The molecule has 0 saturated carbocycles. The minimum Gasteiger partial charge on any atom is -0.497 e. The predicted molar refractivity (Wildman–Crippen MR) is 131 cm³/mol. The minimum absolute atomic E-state index is 0.0429. The van der Waals surface area contributed by atoms with Crippen molar-refractivity contribution in [3.05, 3.63) is 77.3 Å². The minimum atomic E-state index is -3.88. The lowest BCUT2D eigenvalue weighted by atomic mass is 10.2. The van der Waals surface area contributed by atoms with E-state index in [-0.39, 0.29) is 10.8 Å². The van der Waals surface area contributed by atoms with E-state index in [1.165, 1.54) is 13.2 Å². The molecular weight excluding hydrogens is 462 g/mol. The highest BCUT2D eigenvalue weighted by molar-refractivity contribution is 7.92. The Kier molecular flexibility index (Phi) is 6.76. The van der Waals surface area contributed by atoms with Gasteiger partial charge in [-0.25, -0.2) is 8.42 Å². The van der Waals surface area contributed by atoms with Crippen molar-refractivity contribution in [2.24, 2.45) is 0 Å². The van der Waals surface area contributed by atoms with Crippen LogP contribution in [-0.4, -0.2) is 34.5 Å². The fraction of sp³-hybridized carbons (Fsp3) is 0.208. The number of halogens is 1. The number of hydrogen-bond donors (Lipinski definition) is 2. The van der Waals surface area contributed by atoms with E-state index in [1.807, 2.05) is 0 Å². The van der Waals surface area contributed by atoms with Gasteiger partial charge in [-0.1, -0.05) is 17.7 Å². The summed E-state index contributed by atoms with van der Waals surface area (Å²) in [6.45, 7) is 1.69. The van der Waals surface area contributed by atoms with E-state index in [0.717, 1.165) is 31.6 Å². The number of carbonyl (C=O) groups excluding carboxylic acids is 1. The van der Waals surface area contributed by atoms with Gasteiger partial charge in [0, 0.05) is 29.4 Å². The molecule has 33 heavy (non-hydrogen) atoms. The maximum atomic E-state index is 13.0. The summed E-state index contributed by atoms with van der Waals surface area (Å²) in [5.41, 5.74) is 2.03. The zero-order valence-electron chi connectivity index (χ0n) is 18.0. The Morgan fingerprint density at radius 3 is 2.42 bits per heavy atom. The molecule has 1 fully saturated rings. The van der Waals surface area contributed by atoms with Crippen LogP contribution < -0.4 is 19.7 Å². The number of nitrogens with one attached hydrogen (secondary N) is 2. The van der Waals surface area contributed by atoms with Gasteiger partial charge in [0.05, 0.1) is 23.4 Å². The van der Waals surface area contributed by atoms with E-state index in [0.29, 0.717) is 27.7 Å². The van der Waals surface area contributed by atoms with Crippen molar-refractivity contribution in [2.45, 2.75) is 17.7 Å².